The maximum atomic E-state index is 12.6. The van der Waals surface area contributed by atoms with Crippen molar-refractivity contribution in [2.75, 3.05) is 0 Å². The molecule has 0 saturated heterocycles. The minimum Gasteiger partial charge on any atom is -0.334 e. The number of fused-ring (bicyclic) bond motifs is 2. The highest BCUT2D eigenvalue weighted by atomic mass is 35.5. The molecule has 124 valence electrons. The van der Waals surface area contributed by atoms with Crippen LogP contribution in [0.1, 0.15) is 36.3 Å². The molecule has 5 nitrogen and oxygen atoms in total. The lowest BCUT2D eigenvalue weighted by Gasteiger charge is -2.33. The van der Waals surface area contributed by atoms with Crippen molar-refractivity contribution in [1.29, 1.82) is 0 Å². The smallest absolute Gasteiger partial charge is 0.334 e. The molecule has 2 heterocycles. The van der Waals surface area contributed by atoms with Gasteiger partial charge in [-0.1, -0.05) is 29.3 Å². The molecule has 24 heavy (non-hydrogen) atoms. The Morgan fingerprint density at radius 2 is 1.96 bits per heavy atom. The van der Waals surface area contributed by atoms with Crippen LogP contribution >= 0.6 is 23.2 Å². The molecule has 1 fully saturated rings. The maximum absolute atomic E-state index is 12.6. The van der Waals surface area contributed by atoms with Gasteiger partial charge in [-0.3, -0.25) is 4.79 Å². The summed E-state index contributed by atoms with van der Waals surface area (Å²) in [5, 5.41) is 0.823. The summed E-state index contributed by atoms with van der Waals surface area (Å²) in [5.41, 5.74) is 1.53. The second-order valence-electron chi connectivity index (χ2n) is 6.17. The van der Waals surface area contributed by atoms with Gasteiger partial charge in [-0.2, -0.15) is 4.74 Å². The van der Waals surface area contributed by atoms with Gasteiger partial charge in [0.25, 0.3) is 0 Å². The summed E-state index contributed by atoms with van der Waals surface area (Å²) < 4.78 is 6.56. The summed E-state index contributed by atoms with van der Waals surface area (Å²) in [7, 11) is 1.64. The normalized spacial score (nSPS) is 22.8. The number of nitrogens with zero attached hydrogens (tertiary/aromatic N) is 2. The Morgan fingerprint density at radius 3 is 2.71 bits per heavy atom. The first-order chi connectivity index (χ1) is 11.5. The van der Waals surface area contributed by atoms with Crippen molar-refractivity contribution in [1.82, 2.24) is 4.74 Å². The molecule has 2 aliphatic rings. The molecule has 7 heteroatoms. The van der Waals surface area contributed by atoms with Crippen molar-refractivity contribution in [2.45, 2.75) is 25.2 Å². The molecule has 1 aliphatic heterocycles. The zero-order valence-electron chi connectivity index (χ0n) is 12.9. The molecule has 0 radical (unpaired) electrons. The first kappa shape index (κ1) is 15.7. The number of carbonyl (C=O) groups excluding carboxylic acids is 1. The van der Waals surface area contributed by atoms with Gasteiger partial charge in [-0.15, -0.1) is 0 Å². The van der Waals surface area contributed by atoms with Crippen LogP contribution in [0.3, 0.4) is 0 Å². The average Bonchev–Trinajstić information content (AvgIpc) is 2.83. The zero-order valence-corrected chi connectivity index (χ0v) is 14.4. The van der Waals surface area contributed by atoms with Crippen LogP contribution < -0.4 is 5.63 Å². The minimum absolute atomic E-state index is 0.102. The minimum atomic E-state index is -0.468. The number of halogens is 2. The van der Waals surface area contributed by atoms with Crippen molar-refractivity contribution in [2.24, 2.45) is 18.0 Å². The first-order valence-electron chi connectivity index (χ1n) is 7.72. The lowest BCUT2D eigenvalue weighted by molar-refractivity contribution is -0.121. The van der Waals surface area contributed by atoms with Gasteiger partial charge in [-0.25, -0.2) is 9.79 Å². The third-order valence-electron chi connectivity index (χ3n) is 4.74. The van der Waals surface area contributed by atoms with Gasteiger partial charge in [0.05, 0.1) is 21.5 Å². The number of hydrogen-bond acceptors (Lipinski definition) is 4. The highest BCUT2D eigenvalue weighted by Gasteiger charge is 2.44. The van der Waals surface area contributed by atoms with Gasteiger partial charge in [0.1, 0.15) is 5.78 Å². The van der Waals surface area contributed by atoms with Gasteiger partial charge in [-0.05, 0) is 30.5 Å². The fourth-order valence-electron chi connectivity index (χ4n) is 3.69. The van der Waals surface area contributed by atoms with E-state index >= 15 is 0 Å². The molecule has 1 aromatic heterocycles. The number of rotatable bonds is 1. The molecule has 1 aromatic carbocycles. The summed E-state index contributed by atoms with van der Waals surface area (Å²) in [5.74, 6) is -0.289. The summed E-state index contributed by atoms with van der Waals surface area (Å²) in [4.78, 5) is 29.5. The Labute approximate surface area is 147 Å². The number of Topliss-reactive ketones (excluding diaryl/α,β-unsaturated/α-hetero) is 1. The van der Waals surface area contributed by atoms with E-state index in [9.17, 15) is 9.59 Å². The topological polar surface area (TPSA) is 64.6 Å². The second-order valence-corrected chi connectivity index (χ2v) is 6.98. The van der Waals surface area contributed by atoms with Crippen molar-refractivity contribution >= 4 is 40.5 Å². The van der Waals surface area contributed by atoms with Crippen LogP contribution in [-0.2, 0) is 11.8 Å². The van der Waals surface area contributed by atoms with E-state index in [-0.39, 0.29) is 5.78 Å². The van der Waals surface area contributed by atoms with Crippen molar-refractivity contribution in [3.8, 4) is 0 Å². The molecular weight excluding hydrogens is 351 g/mol. The van der Waals surface area contributed by atoms with E-state index in [1.54, 1.807) is 25.2 Å². The highest BCUT2D eigenvalue weighted by Crippen LogP contribution is 2.45. The van der Waals surface area contributed by atoms with Crippen LogP contribution in [-0.4, -0.2) is 16.2 Å². The molecule has 2 aromatic rings. The van der Waals surface area contributed by atoms with Gasteiger partial charge in [0.2, 0.25) is 0 Å². The van der Waals surface area contributed by atoms with E-state index in [0.717, 1.165) is 24.1 Å². The molecule has 1 aliphatic carbocycles. The van der Waals surface area contributed by atoms with Crippen LogP contribution in [0.2, 0.25) is 10.0 Å². The number of benzene rings is 1. The van der Waals surface area contributed by atoms with Crippen LogP contribution in [0.5, 0.6) is 0 Å². The van der Waals surface area contributed by atoms with Crippen molar-refractivity contribution in [3.05, 3.63) is 49.8 Å². The van der Waals surface area contributed by atoms with E-state index in [0.29, 0.717) is 27.8 Å². The lowest BCUT2D eigenvalue weighted by atomic mass is 9.70. The summed E-state index contributed by atoms with van der Waals surface area (Å²) >= 11 is 12.2. The number of aromatic nitrogens is 1. The van der Waals surface area contributed by atoms with Gasteiger partial charge in [0.15, 0.2) is 5.82 Å². The summed E-state index contributed by atoms with van der Waals surface area (Å²) in [6, 6.07) is 5.21. The molecule has 1 saturated carbocycles. The monoisotopic (exact) mass is 364 g/mol. The zero-order chi connectivity index (χ0) is 17.0. The van der Waals surface area contributed by atoms with Crippen molar-refractivity contribution < 1.29 is 9.32 Å². The van der Waals surface area contributed by atoms with E-state index in [4.69, 9.17) is 27.7 Å². The molecule has 2 unspecified atom stereocenters. The molecule has 0 N–H and O–H groups in total. The quantitative estimate of drug-likeness (QED) is 0.771. The van der Waals surface area contributed by atoms with Crippen LogP contribution in [0.4, 0.5) is 5.82 Å². The molecular formula is C17H14Cl2N2O3. The second kappa shape index (κ2) is 5.60. The SMILES string of the molecule is Cn1oc(=O)c2c1N=C1CCCC(=O)C1C2c1ccc(Cl)c(Cl)c1. The molecule has 0 amide bonds. The third-order valence-corrected chi connectivity index (χ3v) is 5.48. The van der Waals surface area contributed by atoms with E-state index in [1.807, 2.05) is 0 Å². The largest absolute Gasteiger partial charge is 0.363 e. The van der Waals surface area contributed by atoms with Gasteiger partial charge < -0.3 is 4.52 Å². The standard InChI is InChI=1S/C17H14Cl2N2O3/c1-21-16-15(17(23)24-21)13(8-5-6-9(18)10(19)7-8)14-11(20-16)3-2-4-12(14)22/h5-7,13-14H,2-4H2,1H3. The van der Waals surface area contributed by atoms with Crippen molar-refractivity contribution in [3.63, 3.8) is 0 Å². The maximum Gasteiger partial charge on any atom is 0.363 e. The number of aliphatic imine (C=N–C) groups is 1. The lowest BCUT2D eigenvalue weighted by Crippen LogP contribution is -2.37. The number of hydrogen-bond donors (Lipinski definition) is 0. The van der Waals surface area contributed by atoms with Gasteiger partial charge >= 0.3 is 5.63 Å². The Balaban J connectivity index is 1.98. The predicted molar refractivity (Wildman–Crippen MR) is 91.7 cm³/mol. The number of aryl methyl sites for hydroxylation is 1. The number of carbonyl (C=O) groups is 1. The Hall–Kier alpha value is -1.85. The summed E-state index contributed by atoms with van der Waals surface area (Å²) in [6.45, 7) is 0. The summed E-state index contributed by atoms with van der Waals surface area (Å²) in [6.07, 6.45) is 2.02. The Bertz CT molecular complexity index is 942. The van der Waals surface area contributed by atoms with Gasteiger partial charge in [0, 0.05) is 25.1 Å². The Kier molecular flexibility index (Phi) is 3.66. The first-order valence-corrected chi connectivity index (χ1v) is 8.48. The fraction of sp³-hybridized carbons (Fsp3) is 0.353. The van der Waals surface area contributed by atoms with E-state index in [1.165, 1.54) is 4.74 Å². The van der Waals surface area contributed by atoms with Crippen LogP contribution in [0.25, 0.3) is 0 Å². The van der Waals surface area contributed by atoms with E-state index in [2.05, 4.69) is 4.99 Å². The molecule has 0 spiro atoms. The Morgan fingerprint density at radius 1 is 1.17 bits per heavy atom. The van der Waals surface area contributed by atoms with Crippen LogP contribution in [0, 0.1) is 5.92 Å². The highest BCUT2D eigenvalue weighted by molar-refractivity contribution is 6.42. The number of ketones is 1. The predicted octanol–water partition coefficient (Wildman–Crippen LogP) is 3.87. The average molecular weight is 365 g/mol. The molecule has 4 rings (SSSR count). The fourth-order valence-corrected chi connectivity index (χ4v) is 3.99. The van der Waals surface area contributed by atoms with Crippen LogP contribution in [0.15, 0.2) is 32.5 Å². The third kappa shape index (κ3) is 2.26. The molecule has 2 atom stereocenters. The molecule has 0 bridgehead atoms. The van der Waals surface area contributed by atoms with E-state index < -0.39 is 17.5 Å².